The van der Waals surface area contributed by atoms with E-state index in [2.05, 4.69) is 4.98 Å². The van der Waals surface area contributed by atoms with Gasteiger partial charge in [0.25, 0.3) is 5.91 Å². The minimum atomic E-state index is -0.800. The van der Waals surface area contributed by atoms with Crippen molar-refractivity contribution in [3.63, 3.8) is 0 Å². The highest BCUT2D eigenvalue weighted by atomic mass is 32.2. The van der Waals surface area contributed by atoms with Gasteiger partial charge in [-0.05, 0) is 37.1 Å². The monoisotopic (exact) mass is 427 g/mol. The summed E-state index contributed by atoms with van der Waals surface area (Å²) in [4.78, 5) is 30.0. The second-order valence-electron chi connectivity index (χ2n) is 6.57. The van der Waals surface area contributed by atoms with Gasteiger partial charge < -0.3 is 10.8 Å². The molecule has 29 heavy (non-hydrogen) atoms. The fourth-order valence-electron chi connectivity index (χ4n) is 2.96. The van der Waals surface area contributed by atoms with Crippen LogP contribution in [-0.4, -0.2) is 37.7 Å². The lowest BCUT2D eigenvalue weighted by molar-refractivity contribution is -0.137. The molecule has 1 aromatic carbocycles. The summed E-state index contributed by atoms with van der Waals surface area (Å²) in [6.07, 6.45) is 3.94. The second-order valence-corrected chi connectivity index (χ2v) is 8.25. The summed E-state index contributed by atoms with van der Waals surface area (Å²) >= 11 is 6.61. The number of pyridine rings is 1. The molecular weight excluding hydrogens is 406 g/mol. The molecule has 2 aromatic rings. The number of carbonyl (C=O) groups is 2. The van der Waals surface area contributed by atoms with E-state index in [4.69, 9.17) is 23.1 Å². The Labute approximate surface area is 178 Å². The molecule has 0 bridgehead atoms. The Morgan fingerprint density at radius 1 is 1.17 bits per heavy atom. The zero-order valence-electron chi connectivity index (χ0n) is 15.7. The van der Waals surface area contributed by atoms with E-state index in [0.717, 1.165) is 17.7 Å². The van der Waals surface area contributed by atoms with Gasteiger partial charge in [-0.1, -0.05) is 54.7 Å². The number of carboxylic acids is 1. The smallest absolute Gasteiger partial charge is 0.303 e. The number of benzene rings is 1. The average Bonchev–Trinajstić information content (AvgIpc) is 2.95. The van der Waals surface area contributed by atoms with Gasteiger partial charge in [-0.3, -0.25) is 14.5 Å². The van der Waals surface area contributed by atoms with Gasteiger partial charge in [0.1, 0.15) is 4.32 Å². The molecule has 2 heterocycles. The van der Waals surface area contributed by atoms with E-state index >= 15 is 0 Å². The molecule has 6 nitrogen and oxygen atoms in total. The van der Waals surface area contributed by atoms with Crippen molar-refractivity contribution in [1.82, 2.24) is 9.88 Å². The lowest BCUT2D eigenvalue weighted by atomic mass is 10.1. The second kappa shape index (κ2) is 9.67. The van der Waals surface area contributed by atoms with Crippen LogP contribution < -0.4 is 5.73 Å². The molecular formula is C21H21N3O3S2. The molecule has 0 radical (unpaired) electrons. The highest BCUT2D eigenvalue weighted by Gasteiger charge is 2.31. The first-order valence-electron chi connectivity index (χ1n) is 9.25. The molecule has 3 rings (SSSR count). The molecule has 3 N–H and O–H groups in total. The first-order chi connectivity index (χ1) is 14.0. The lowest BCUT2D eigenvalue weighted by Crippen LogP contribution is -2.29. The Hall–Kier alpha value is -2.71. The van der Waals surface area contributed by atoms with E-state index < -0.39 is 5.97 Å². The number of aromatic nitrogens is 1. The minimum absolute atomic E-state index is 0.135. The van der Waals surface area contributed by atoms with E-state index in [1.165, 1.54) is 11.8 Å². The summed E-state index contributed by atoms with van der Waals surface area (Å²) in [7, 11) is 0. The van der Waals surface area contributed by atoms with Crippen LogP contribution in [-0.2, 0) is 9.59 Å². The molecule has 1 aliphatic heterocycles. The number of carboxylic acid groups (broad SMARTS) is 1. The molecule has 0 saturated carbocycles. The van der Waals surface area contributed by atoms with Crippen LogP contribution in [0.4, 0.5) is 5.69 Å². The molecule has 0 aliphatic carbocycles. The van der Waals surface area contributed by atoms with Crippen LogP contribution >= 0.6 is 24.0 Å². The van der Waals surface area contributed by atoms with Gasteiger partial charge in [0.2, 0.25) is 0 Å². The van der Waals surface area contributed by atoms with Crippen LogP contribution in [0.25, 0.3) is 17.3 Å². The van der Waals surface area contributed by atoms with E-state index in [-0.39, 0.29) is 12.3 Å². The van der Waals surface area contributed by atoms with Gasteiger partial charge in [-0.15, -0.1) is 0 Å². The number of unbranched alkanes of at least 4 members (excludes halogenated alkanes) is 2. The Kier molecular flexibility index (Phi) is 7.00. The number of nitrogen functional groups attached to an aromatic ring is 1. The fourth-order valence-corrected chi connectivity index (χ4v) is 4.26. The summed E-state index contributed by atoms with van der Waals surface area (Å²) in [5.41, 5.74) is 8.93. The number of para-hydroxylation sites is 1. The maximum Gasteiger partial charge on any atom is 0.303 e. The van der Waals surface area contributed by atoms with Gasteiger partial charge in [0.05, 0.1) is 16.3 Å². The number of thioether (sulfide) groups is 1. The fraction of sp³-hybridized carbons (Fsp3) is 0.238. The van der Waals surface area contributed by atoms with Gasteiger partial charge in [0.15, 0.2) is 0 Å². The third kappa shape index (κ3) is 5.42. The Bertz CT molecular complexity index is 975. The van der Waals surface area contributed by atoms with Gasteiger partial charge >= 0.3 is 5.97 Å². The number of rotatable bonds is 8. The number of thiocarbonyl (C=S) groups is 1. The largest absolute Gasteiger partial charge is 0.481 e. The Morgan fingerprint density at radius 3 is 2.72 bits per heavy atom. The summed E-state index contributed by atoms with van der Waals surface area (Å²) in [6, 6.07) is 13.1. The van der Waals surface area contributed by atoms with Crippen molar-refractivity contribution >= 4 is 51.9 Å². The molecule has 0 atom stereocenters. The Balaban J connectivity index is 1.69. The first-order valence-corrected chi connectivity index (χ1v) is 10.5. The van der Waals surface area contributed by atoms with Crippen molar-refractivity contribution < 1.29 is 14.7 Å². The number of hydrogen-bond donors (Lipinski definition) is 2. The average molecular weight is 428 g/mol. The van der Waals surface area contributed by atoms with Crippen molar-refractivity contribution in [2.45, 2.75) is 25.7 Å². The van der Waals surface area contributed by atoms with E-state index in [1.807, 2.05) is 42.5 Å². The SMILES string of the molecule is Nc1ccccc1-c1cccc(/C=C2\SC(=S)N(CCCCCC(=O)O)C2=O)n1. The number of anilines is 1. The van der Waals surface area contributed by atoms with Crippen LogP contribution in [0.5, 0.6) is 0 Å². The van der Waals surface area contributed by atoms with E-state index in [0.29, 0.717) is 40.0 Å². The molecule has 0 unspecified atom stereocenters. The van der Waals surface area contributed by atoms with Gasteiger partial charge in [0, 0.05) is 24.2 Å². The van der Waals surface area contributed by atoms with Crippen molar-refractivity contribution in [3.05, 3.63) is 53.1 Å². The highest BCUT2D eigenvalue weighted by molar-refractivity contribution is 8.26. The normalized spacial score (nSPS) is 15.3. The van der Waals surface area contributed by atoms with Crippen molar-refractivity contribution in [2.75, 3.05) is 12.3 Å². The summed E-state index contributed by atoms with van der Waals surface area (Å²) in [5.74, 6) is -0.935. The zero-order valence-corrected chi connectivity index (χ0v) is 17.3. The number of amides is 1. The predicted octanol–water partition coefficient (Wildman–Crippen LogP) is 4.18. The molecule has 0 spiro atoms. The maximum atomic E-state index is 12.7. The van der Waals surface area contributed by atoms with Crippen LogP contribution in [0.1, 0.15) is 31.4 Å². The van der Waals surface area contributed by atoms with Crippen LogP contribution in [0.15, 0.2) is 47.4 Å². The number of hydrogen-bond acceptors (Lipinski definition) is 6. The van der Waals surface area contributed by atoms with Crippen molar-refractivity contribution in [1.29, 1.82) is 0 Å². The molecule has 1 saturated heterocycles. The molecule has 8 heteroatoms. The number of aliphatic carboxylic acids is 1. The third-order valence-corrected chi connectivity index (χ3v) is 5.81. The van der Waals surface area contributed by atoms with Crippen molar-refractivity contribution in [2.24, 2.45) is 0 Å². The quantitative estimate of drug-likeness (QED) is 0.282. The zero-order chi connectivity index (χ0) is 20.8. The van der Waals surface area contributed by atoms with Crippen LogP contribution in [0.2, 0.25) is 0 Å². The van der Waals surface area contributed by atoms with Crippen molar-refractivity contribution in [3.8, 4) is 11.3 Å². The van der Waals surface area contributed by atoms with E-state index in [1.54, 1.807) is 11.0 Å². The summed E-state index contributed by atoms with van der Waals surface area (Å²) in [6.45, 7) is 0.496. The lowest BCUT2D eigenvalue weighted by Gasteiger charge is -2.13. The minimum Gasteiger partial charge on any atom is -0.481 e. The molecule has 150 valence electrons. The number of nitrogens with two attached hydrogens (primary N) is 1. The third-order valence-electron chi connectivity index (χ3n) is 4.43. The van der Waals surface area contributed by atoms with Gasteiger partial charge in [-0.25, -0.2) is 4.98 Å². The highest BCUT2D eigenvalue weighted by Crippen LogP contribution is 2.33. The number of nitrogens with zero attached hydrogens (tertiary/aromatic N) is 2. The topological polar surface area (TPSA) is 96.5 Å². The summed E-state index contributed by atoms with van der Waals surface area (Å²) < 4.78 is 0.517. The molecule has 1 aliphatic rings. The standard InChI is InChI=1S/C21H21N3O3S2/c22-16-9-4-3-8-15(16)17-10-6-7-14(23-17)13-18-20(27)24(21(28)29-18)12-5-1-2-11-19(25)26/h3-4,6-10,13H,1-2,5,11-12,22H2,(H,25,26)/b18-13-. The van der Waals surface area contributed by atoms with Gasteiger partial charge in [-0.2, -0.15) is 0 Å². The maximum absolute atomic E-state index is 12.7. The van der Waals surface area contributed by atoms with Crippen LogP contribution in [0.3, 0.4) is 0 Å². The van der Waals surface area contributed by atoms with E-state index in [9.17, 15) is 9.59 Å². The summed E-state index contributed by atoms with van der Waals surface area (Å²) in [5, 5.41) is 8.68. The van der Waals surface area contributed by atoms with Crippen LogP contribution in [0, 0.1) is 0 Å². The first kappa shape index (κ1) is 21.0. The molecule has 1 fully saturated rings. The molecule has 1 amide bonds. The predicted molar refractivity (Wildman–Crippen MR) is 120 cm³/mol. The number of carbonyl (C=O) groups excluding carboxylic acids is 1. The Morgan fingerprint density at radius 2 is 1.97 bits per heavy atom. The molecule has 1 aromatic heterocycles.